The van der Waals surface area contributed by atoms with E-state index in [1.54, 1.807) is 6.20 Å². The second kappa shape index (κ2) is 14.1. The number of hydrogen-bond acceptors (Lipinski definition) is 3. The molecule has 0 aliphatic heterocycles. The molecular weight excluding hydrogens is 757 g/mol. The van der Waals surface area contributed by atoms with Gasteiger partial charge in [-0.3, -0.25) is 0 Å². The van der Waals surface area contributed by atoms with Crippen LogP contribution in [-0.4, -0.2) is 18.0 Å². The van der Waals surface area contributed by atoms with Gasteiger partial charge >= 0.3 is 0 Å². The van der Waals surface area contributed by atoms with E-state index in [1.807, 2.05) is 42.5 Å². The SMILES string of the molecule is CC(C)c1cc(-c2[c-]cccc2)ncc1[Si](C)(C)C.Cc1ccc(-c2ccc3c(c2)oc2c[c-]c(-c4ccccn4)cc23)cc1.[Ir]. The minimum atomic E-state index is -1.34. The molecule has 7 aromatic rings. The van der Waals surface area contributed by atoms with Crippen LogP contribution in [0.25, 0.3) is 55.6 Å². The van der Waals surface area contributed by atoms with Gasteiger partial charge in [-0.05, 0) is 52.7 Å². The van der Waals surface area contributed by atoms with E-state index >= 15 is 0 Å². The van der Waals surface area contributed by atoms with Crippen molar-refractivity contribution in [3.05, 3.63) is 139 Å². The van der Waals surface area contributed by atoms with Crippen molar-refractivity contribution in [3.8, 4) is 33.6 Å². The normalized spacial score (nSPS) is 11.3. The van der Waals surface area contributed by atoms with Gasteiger partial charge in [0.05, 0.1) is 13.7 Å². The van der Waals surface area contributed by atoms with Crippen LogP contribution in [0.15, 0.2) is 120 Å². The number of benzene rings is 4. The largest absolute Gasteiger partial charge is 0.500 e. The zero-order valence-electron chi connectivity index (χ0n) is 27.2. The van der Waals surface area contributed by atoms with Crippen LogP contribution in [0.2, 0.25) is 19.6 Å². The van der Waals surface area contributed by atoms with Crippen molar-refractivity contribution in [1.82, 2.24) is 9.97 Å². The van der Waals surface area contributed by atoms with Gasteiger partial charge in [0, 0.05) is 37.9 Å². The summed E-state index contributed by atoms with van der Waals surface area (Å²) in [5.74, 6) is 0.534. The van der Waals surface area contributed by atoms with Gasteiger partial charge in [-0.25, -0.2) is 0 Å². The van der Waals surface area contributed by atoms with Crippen molar-refractivity contribution < 1.29 is 24.5 Å². The molecule has 3 heterocycles. The molecule has 3 aromatic heterocycles. The summed E-state index contributed by atoms with van der Waals surface area (Å²) in [6.07, 6.45) is 3.90. The van der Waals surface area contributed by atoms with E-state index in [1.165, 1.54) is 21.9 Å². The summed E-state index contributed by atoms with van der Waals surface area (Å²) < 4.78 is 6.08. The summed E-state index contributed by atoms with van der Waals surface area (Å²) in [5.41, 5.74) is 10.8. The van der Waals surface area contributed by atoms with Gasteiger partial charge < -0.3 is 14.4 Å². The second-order valence-electron chi connectivity index (χ2n) is 12.9. The van der Waals surface area contributed by atoms with Crippen molar-refractivity contribution in [2.45, 2.75) is 46.3 Å². The smallest absolute Gasteiger partial charge is 0.121 e. The van der Waals surface area contributed by atoms with Crippen LogP contribution in [0.4, 0.5) is 0 Å². The average molecular weight is 795 g/mol. The average Bonchev–Trinajstić information content (AvgIpc) is 3.43. The molecule has 1 radical (unpaired) electrons. The fourth-order valence-electron chi connectivity index (χ4n) is 5.59. The standard InChI is InChI=1S/C24H16NO.C17H22NSi.Ir/c1-16-5-7-17(8-6-16)18-9-11-20-21-14-19(22-4-2-3-13-25-22)10-12-23(21)26-24(20)15-18;1-13(2)15-11-16(14-9-7-6-8-10-14)18-12-17(15)19(3,4)5;/h2-9,11-15H,1H3;6-9,11-13H,1-5H3;/q2*-1;. The molecule has 0 aliphatic rings. The Morgan fingerprint density at radius 2 is 1.46 bits per heavy atom. The number of hydrogen-bond donors (Lipinski definition) is 0. The first-order chi connectivity index (χ1) is 21.7. The number of rotatable bonds is 5. The maximum Gasteiger partial charge on any atom is 0.121 e. The first-order valence-electron chi connectivity index (χ1n) is 15.5. The van der Waals surface area contributed by atoms with Crippen LogP contribution >= 0.6 is 0 Å². The first kappa shape index (κ1) is 33.2. The van der Waals surface area contributed by atoms with Gasteiger partial charge in [0.15, 0.2) is 0 Å². The van der Waals surface area contributed by atoms with Gasteiger partial charge in [0.25, 0.3) is 0 Å². The van der Waals surface area contributed by atoms with E-state index in [-0.39, 0.29) is 20.1 Å². The summed E-state index contributed by atoms with van der Waals surface area (Å²) in [6, 6.07) is 41.7. The van der Waals surface area contributed by atoms with E-state index in [2.05, 4.69) is 129 Å². The summed E-state index contributed by atoms with van der Waals surface area (Å²) in [6.45, 7) is 13.8. The fourth-order valence-corrected chi connectivity index (χ4v) is 7.27. The molecular formula is C41H38IrN2OSi-2. The van der Waals surface area contributed by atoms with E-state index in [0.29, 0.717) is 5.92 Å². The predicted octanol–water partition coefficient (Wildman–Crippen LogP) is 10.6. The molecule has 3 nitrogen and oxygen atoms in total. The van der Waals surface area contributed by atoms with Crippen molar-refractivity contribution >= 4 is 35.2 Å². The summed E-state index contributed by atoms with van der Waals surface area (Å²) >= 11 is 0. The maximum absolute atomic E-state index is 6.08. The summed E-state index contributed by atoms with van der Waals surface area (Å²) in [5, 5.41) is 3.68. The third kappa shape index (κ3) is 7.29. The second-order valence-corrected chi connectivity index (χ2v) is 17.9. The van der Waals surface area contributed by atoms with Gasteiger partial charge in [-0.15, -0.1) is 59.7 Å². The maximum atomic E-state index is 6.08. The molecule has 0 amide bonds. The molecule has 0 spiro atoms. The first-order valence-corrected chi connectivity index (χ1v) is 19.0. The number of aryl methyl sites for hydroxylation is 1. The van der Waals surface area contributed by atoms with Gasteiger partial charge in [0.1, 0.15) is 5.58 Å². The van der Waals surface area contributed by atoms with Crippen molar-refractivity contribution in [2.75, 3.05) is 0 Å². The number of fused-ring (bicyclic) bond motifs is 3. The molecule has 0 fully saturated rings. The van der Waals surface area contributed by atoms with Crippen molar-refractivity contribution in [2.24, 2.45) is 0 Å². The van der Waals surface area contributed by atoms with E-state index in [9.17, 15) is 0 Å². The quantitative estimate of drug-likeness (QED) is 0.129. The van der Waals surface area contributed by atoms with E-state index in [0.717, 1.165) is 50.0 Å². The molecule has 0 N–H and O–H groups in total. The monoisotopic (exact) mass is 795 g/mol. The van der Waals surface area contributed by atoms with Crippen LogP contribution < -0.4 is 5.19 Å². The Hall–Kier alpha value is -4.15. The molecule has 0 bridgehead atoms. The number of pyridine rings is 2. The van der Waals surface area contributed by atoms with E-state index in [4.69, 9.17) is 4.42 Å². The molecule has 46 heavy (non-hydrogen) atoms. The van der Waals surface area contributed by atoms with Gasteiger partial charge in [-0.1, -0.05) is 105 Å². The number of nitrogens with zero attached hydrogens (tertiary/aromatic N) is 2. The Bertz CT molecular complexity index is 2060. The van der Waals surface area contributed by atoms with Crippen LogP contribution in [-0.2, 0) is 20.1 Å². The Balaban J connectivity index is 0.000000187. The molecule has 4 aromatic carbocycles. The summed E-state index contributed by atoms with van der Waals surface area (Å²) in [4.78, 5) is 9.08. The van der Waals surface area contributed by atoms with E-state index < -0.39 is 8.07 Å². The Labute approximate surface area is 287 Å². The molecule has 0 saturated carbocycles. The topological polar surface area (TPSA) is 38.9 Å². The molecule has 7 rings (SSSR count). The molecule has 0 saturated heterocycles. The van der Waals surface area contributed by atoms with Gasteiger partial charge in [-0.2, -0.15) is 0 Å². The Morgan fingerprint density at radius 3 is 2.13 bits per heavy atom. The van der Waals surface area contributed by atoms with Crippen LogP contribution in [0, 0.1) is 19.1 Å². The third-order valence-electron chi connectivity index (χ3n) is 8.08. The summed E-state index contributed by atoms with van der Waals surface area (Å²) in [7, 11) is -1.34. The number of furan rings is 1. The molecule has 0 aliphatic carbocycles. The fraction of sp³-hybridized carbons (Fsp3) is 0.171. The zero-order valence-corrected chi connectivity index (χ0v) is 30.6. The van der Waals surface area contributed by atoms with Crippen LogP contribution in [0.3, 0.4) is 0 Å². The minimum absolute atomic E-state index is 0. The predicted molar refractivity (Wildman–Crippen MR) is 192 cm³/mol. The molecule has 5 heteroatoms. The Kier molecular flexibility index (Phi) is 10.2. The molecule has 0 atom stereocenters. The van der Waals surface area contributed by atoms with Gasteiger partial charge in [0.2, 0.25) is 0 Å². The Morgan fingerprint density at radius 1 is 0.696 bits per heavy atom. The zero-order chi connectivity index (χ0) is 31.6. The number of aromatic nitrogens is 2. The third-order valence-corrected chi connectivity index (χ3v) is 10.1. The van der Waals surface area contributed by atoms with Crippen LogP contribution in [0.1, 0.15) is 30.9 Å². The van der Waals surface area contributed by atoms with Crippen LogP contribution in [0.5, 0.6) is 0 Å². The van der Waals surface area contributed by atoms with Crippen molar-refractivity contribution in [3.63, 3.8) is 0 Å². The van der Waals surface area contributed by atoms with Crippen molar-refractivity contribution in [1.29, 1.82) is 0 Å². The molecule has 233 valence electrons. The minimum Gasteiger partial charge on any atom is -0.500 e. The molecule has 0 unspecified atom stereocenters.